The van der Waals surface area contributed by atoms with Crippen LogP contribution in [0.25, 0.3) is 0 Å². The molecule has 1 rings (SSSR count). The fourth-order valence-electron chi connectivity index (χ4n) is 4.55. The Morgan fingerprint density at radius 2 is 1.82 bits per heavy atom. The summed E-state index contributed by atoms with van der Waals surface area (Å²) in [7, 11) is 1.22. The molecule has 9 heteroatoms. The Hall–Kier alpha value is -1.97. The van der Waals surface area contributed by atoms with Crippen molar-refractivity contribution in [2.24, 2.45) is 11.8 Å². The van der Waals surface area contributed by atoms with Crippen molar-refractivity contribution in [3.8, 4) is 0 Å². The molecule has 0 aliphatic carbocycles. The molecule has 2 N–H and O–H groups in total. The van der Waals surface area contributed by atoms with Gasteiger partial charge in [0.2, 0.25) is 0 Å². The highest BCUT2D eigenvalue weighted by Crippen LogP contribution is 2.40. The molecular weight excluding hydrogens is 444 g/mol. The molecule has 0 aromatic heterocycles. The number of unbranched alkanes of at least 4 members (excludes halogenated alkanes) is 3. The van der Waals surface area contributed by atoms with E-state index in [4.69, 9.17) is 18.9 Å². The van der Waals surface area contributed by atoms with E-state index < -0.39 is 65.9 Å². The Kier molecular flexibility index (Phi) is 12.2. The van der Waals surface area contributed by atoms with Gasteiger partial charge in [-0.2, -0.15) is 0 Å². The Bertz CT molecular complexity index is 706. The summed E-state index contributed by atoms with van der Waals surface area (Å²) in [5.74, 6) is -3.42. The van der Waals surface area contributed by atoms with Crippen molar-refractivity contribution in [2.75, 3.05) is 7.11 Å². The van der Waals surface area contributed by atoms with Crippen molar-refractivity contribution in [1.29, 1.82) is 0 Å². The summed E-state index contributed by atoms with van der Waals surface area (Å²) in [5, 5.41) is 21.2. The minimum absolute atomic E-state index is 0.566. The van der Waals surface area contributed by atoms with Gasteiger partial charge in [-0.25, -0.2) is 4.79 Å². The highest BCUT2D eigenvalue weighted by molar-refractivity contribution is 5.82. The van der Waals surface area contributed by atoms with E-state index in [1.54, 1.807) is 20.8 Å². The second-order valence-electron chi connectivity index (χ2n) is 9.33. The zero-order chi connectivity index (χ0) is 26.1. The van der Waals surface area contributed by atoms with Crippen LogP contribution in [-0.4, -0.2) is 71.4 Å². The van der Waals surface area contributed by atoms with E-state index in [1.807, 2.05) is 0 Å². The van der Waals surface area contributed by atoms with Gasteiger partial charge in [-0.05, 0) is 33.3 Å². The highest BCUT2D eigenvalue weighted by Gasteiger charge is 2.57. The van der Waals surface area contributed by atoms with Gasteiger partial charge in [0.05, 0.1) is 31.3 Å². The van der Waals surface area contributed by atoms with Gasteiger partial charge in [0.15, 0.2) is 0 Å². The fraction of sp³-hybridized carbons (Fsp3) is 0.800. The Labute approximate surface area is 202 Å². The van der Waals surface area contributed by atoms with Crippen molar-refractivity contribution in [3.05, 3.63) is 12.2 Å². The molecule has 8 atom stereocenters. The van der Waals surface area contributed by atoms with Gasteiger partial charge in [0.1, 0.15) is 17.8 Å². The molecule has 1 saturated heterocycles. The Balaban J connectivity index is 2.91. The SMILES string of the molecule is CCCCCC[C@H](O)/C=C/C(=O)O[C@@H]1[C@@H](C)[C@H](O)[C@@](C)([C@@H](OC(C)=O)[C@@H](C)C(=O)OC)O[C@H]1C. The molecule has 0 aromatic carbocycles. The lowest BCUT2D eigenvalue weighted by Crippen LogP contribution is -2.66. The third kappa shape index (κ3) is 8.06. The van der Waals surface area contributed by atoms with Gasteiger partial charge < -0.3 is 29.2 Å². The minimum atomic E-state index is -1.45. The second kappa shape index (κ2) is 13.8. The topological polar surface area (TPSA) is 129 Å². The van der Waals surface area contributed by atoms with Crippen LogP contribution < -0.4 is 0 Å². The first-order valence-corrected chi connectivity index (χ1v) is 12.1. The summed E-state index contributed by atoms with van der Waals surface area (Å²) in [6, 6.07) is 0. The third-order valence-corrected chi connectivity index (χ3v) is 6.45. The van der Waals surface area contributed by atoms with Crippen LogP contribution in [0.3, 0.4) is 0 Å². The van der Waals surface area contributed by atoms with Crippen LogP contribution >= 0.6 is 0 Å². The van der Waals surface area contributed by atoms with Gasteiger partial charge >= 0.3 is 17.9 Å². The van der Waals surface area contributed by atoms with Gasteiger partial charge in [0.25, 0.3) is 0 Å². The zero-order valence-electron chi connectivity index (χ0n) is 21.5. The molecule has 0 aromatic rings. The Morgan fingerprint density at radius 1 is 1.18 bits per heavy atom. The number of esters is 3. The van der Waals surface area contributed by atoms with E-state index in [1.165, 1.54) is 33.1 Å². The maximum atomic E-state index is 12.4. The van der Waals surface area contributed by atoms with Gasteiger partial charge in [-0.3, -0.25) is 9.59 Å². The summed E-state index contributed by atoms with van der Waals surface area (Å²) in [6.45, 7) is 9.78. The van der Waals surface area contributed by atoms with E-state index in [0.717, 1.165) is 25.7 Å². The van der Waals surface area contributed by atoms with E-state index in [0.29, 0.717) is 6.42 Å². The smallest absolute Gasteiger partial charge is 0.330 e. The number of methoxy groups -OCH3 is 1. The van der Waals surface area contributed by atoms with Crippen molar-refractivity contribution in [1.82, 2.24) is 0 Å². The van der Waals surface area contributed by atoms with Crippen molar-refractivity contribution in [3.63, 3.8) is 0 Å². The van der Waals surface area contributed by atoms with Crippen LogP contribution in [-0.2, 0) is 33.3 Å². The summed E-state index contributed by atoms with van der Waals surface area (Å²) in [6.07, 6.45) is 2.69. The lowest BCUT2D eigenvalue weighted by Gasteiger charge is -2.51. The molecule has 9 nitrogen and oxygen atoms in total. The molecule has 1 aliphatic heterocycles. The summed E-state index contributed by atoms with van der Waals surface area (Å²) in [4.78, 5) is 36.3. The fourth-order valence-corrected chi connectivity index (χ4v) is 4.55. The van der Waals surface area contributed by atoms with Crippen LogP contribution in [0.2, 0.25) is 0 Å². The first-order chi connectivity index (χ1) is 15.9. The molecule has 196 valence electrons. The molecule has 0 saturated carbocycles. The highest BCUT2D eigenvalue weighted by atomic mass is 16.6. The van der Waals surface area contributed by atoms with Crippen LogP contribution in [0.5, 0.6) is 0 Å². The van der Waals surface area contributed by atoms with Crippen LogP contribution in [0.15, 0.2) is 12.2 Å². The molecule has 0 radical (unpaired) electrons. The molecule has 1 heterocycles. The second-order valence-corrected chi connectivity index (χ2v) is 9.33. The molecule has 34 heavy (non-hydrogen) atoms. The minimum Gasteiger partial charge on any atom is -0.469 e. The third-order valence-electron chi connectivity index (χ3n) is 6.45. The first kappa shape index (κ1) is 30.1. The molecule has 0 bridgehead atoms. The number of rotatable bonds is 12. The molecule has 0 amide bonds. The number of hydrogen-bond acceptors (Lipinski definition) is 9. The normalized spacial score (nSPS) is 29.8. The summed E-state index contributed by atoms with van der Waals surface area (Å²) >= 11 is 0. The predicted molar refractivity (Wildman–Crippen MR) is 125 cm³/mol. The first-order valence-electron chi connectivity index (χ1n) is 12.1. The number of carbonyl (C=O) groups is 3. The number of aliphatic hydroxyl groups is 2. The number of carbonyl (C=O) groups excluding carboxylic acids is 3. The lowest BCUT2D eigenvalue weighted by molar-refractivity contribution is -0.279. The molecule has 0 unspecified atom stereocenters. The number of aliphatic hydroxyl groups excluding tert-OH is 2. The van der Waals surface area contributed by atoms with E-state index in [2.05, 4.69) is 6.92 Å². The van der Waals surface area contributed by atoms with Crippen LogP contribution in [0.4, 0.5) is 0 Å². The average molecular weight is 487 g/mol. The monoisotopic (exact) mass is 486 g/mol. The Morgan fingerprint density at radius 3 is 2.38 bits per heavy atom. The van der Waals surface area contributed by atoms with Crippen molar-refractivity contribution < 1.29 is 43.5 Å². The number of hydrogen-bond donors (Lipinski definition) is 2. The average Bonchev–Trinajstić information content (AvgIpc) is 2.79. The van der Waals surface area contributed by atoms with Gasteiger partial charge in [0, 0.05) is 18.9 Å². The lowest BCUT2D eigenvalue weighted by atomic mass is 9.74. The van der Waals surface area contributed by atoms with E-state index in [9.17, 15) is 24.6 Å². The standard InChI is InChI=1S/C25H42O9/c1-8-9-10-11-12-19(27)13-14-20(28)33-21-15(2)22(29)25(6,34-17(21)4)23(32-18(5)26)16(3)24(30)31-7/h13-17,19,21-23,27,29H,8-12H2,1-7H3/b14-13+/t15-,16-,17+,19+,21-,22+,23+,25+/m1/s1. The summed E-state index contributed by atoms with van der Waals surface area (Å²) < 4.78 is 21.8. The molecule has 1 aliphatic rings. The zero-order valence-corrected chi connectivity index (χ0v) is 21.5. The van der Waals surface area contributed by atoms with E-state index >= 15 is 0 Å². The summed E-state index contributed by atoms with van der Waals surface area (Å²) in [5.41, 5.74) is -1.45. The number of ether oxygens (including phenoxy) is 4. The van der Waals surface area contributed by atoms with Crippen LogP contribution in [0, 0.1) is 11.8 Å². The van der Waals surface area contributed by atoms with Crippen molar-refractivity contribution >= 4 is 17.9 Å². The maximum Gasteiger partial charge on any atom is 0.330 e. The van der Waals surface area contributed by atoms with Crippen molar-refractivity contribution in [2.45, 2.75) is 110 Å². The van der Waals surface area contributed by atoms with Gasteiger partial charge in [-0.15, -0.1) is 0 Å². The maximum absolute atomic E-state index is 12.4. The molecule has 0 spiro atoms. The van der Waals surface area contributed by atoms with E-state index in [-0.39, 0.29) is 0 Å². The van der Waals surface area contributed by atoms with Crippen LogP contribution in [0.1, 0.15) is 73.6 Å². The van der Waals surface area contributed by atoms with Gasteiger partial charge in [-0.1, -0.05) is 39.5 Å². The molecule has 1 fully saturated rings. The predicted octanol–water partition coefficient (Wildman–Crippen LogP) is 2.70. The largest absolute Gasteiger partial charge is 0.469 e. The molecular formula is C25H42O9. The quantitative estimate of drug-likeness (QED) is 0.185.